The van der Waals surface area contributed by atoms with Crippen molar-refractivity contribution >= 4 is 5.97 Å². The molecule has 6 rings (SSSR count). The van der Waals surface area contributed by atoms with Gasteiger partial charge in [-0.05, 0) is 89.9 Å². The molecule has 198 valence electrons. The molecule has 0 saturated heterocycles. The first kappa shape index (κ1) is 25.1. The Kier molecular flexibility index (Phi) is 6.55. The van der Waals surface area contributed by atoms with Crippen molar-refractivity contribution in [3.63, 3.8) is 0 Å². The number of esters is 1. The number of benzene rings is 3. The normalized spacial score (nSPS) is 17.3. The Balaban J connectivity index is 1.29. The van der Waals surface area contributed by atoms with Crippen LogP contribution in [0, 0.1) is 19.7 Å². The van der Waals surface area contributed by atoms with E-state index in [9.17, 15) is 4.79 Å². The number of carbonyl (C=O) groups is 1. The van der Waals surface area contributed by atoms with Crippen LogP contribution in [0.3, 0.4) is 0 Å². The van der Waals surface area contributed by atoms with Gasteiger partial charge < -0.3 is 14.2 Å². The van der Waals surface area contributed by atoms with Crippen LogP contribution in [0.25, 0.3) is 22.3 Å². The number of nitrogens with zero attached hydrogens (tertiary/aromatic N) is 1. The average molecular weight is 524 g/mol. The molecule has 2 aliphatic rings. The maximum absolute atomic E-state index is 15.3. The Morgan fingerprint density at radius 3 is 2.54 bits per heavy atom. The lowest BCUT2D eigenvalue weighted by Gasteiger charge is -2.19. The number of rotatable bonds is 6. The van der Waals surface area contributed by atoms with E-state index in [0.29, 0.717) is 30.1 Å². The van der Waals surface area contributed by atoms with Crippen LogP contribution in [-0.4, -0.2) is 24.7 Å². The molecule has 2 atom stereocenters. The molecule has 0 bridgehead atoms. The Labute approximate surface area is 227 Å². The molecule has 1 aliphatic carbocycles. The number of hydrogen-bond donors (Lipinski definition) is 0. The van der Waals surface area contributed by atoms with Gasteiger partial charge in [0.15, 0.2) is 0 Å². The molecule has 0 N–H and O–H groups in total. The van der Waals surface area contributed by atoms with Gasteiger partial charge in [-0.3, -0.25) is 9.78 Å². The van der Waals surface area contributed by atoms with Crippen LogP contribution in [0.2, 0.25) is 0 Å². The Morgan fingerprint density at radius 2 is 1.79 bits per heavy atom. The first-order chi connectivity index (χ1) is 18.9. The predicted molar refractivity (Wildman–Crippen MR) is 148 cm³/mol. The summed E-state index contributed by atoms with van der Waals surface area (Å²) in [5.41, 5.74) is 9.39. The summed E-state index contributed by atoms with van der Waals surface area (Å²) in [4.78, 5) is 15.9. The van der Waals surface area contributed by atoms with Crippen LogP contribution >= 0.6 is 0 Å². The highest BCUT2D eigenvalue weighted by molar-refractivity contribution is 5.79. The van der Waals surface area contributed by atoms with Crippen molar-refractivity contribution < 1.29 is 23.4 Å². The third-order valence-electron chi connectivity index (χ3n) is 7.88. The second-order valence-electron chi connectivity index (χ2n) is 10.3. The summed E-state index contributed by atoms with van der Waals surface area (Å²) in [5.74, 6) is 0.794. The summed E-state index contributed by atoms with van der Waals surface area (Å²) in [6.07, 6.45) is 4.92. The maximum atomic E-state index is 15.3. The highest BCUT2D eigenvalue weighted by Crippen LogP contribution is 2.45. The zero-order valence-corrected chi connectivity index (χ0v) is 22.3. The van der Waals surface area contributed by atoms with Gasteiger partial charge >= 0.3 is 5.97 Å². The SMILES string of the molecule is COC(=O)C[C@@H]1COc2cc(O[C@@H]3CCc4c(-c5c(C)cc(-c6ccncc6)cc5C)ccc(F)c43)ccc21. The summed E-state index contributed by atoms with van der Waals surface area (Å²) in [7, 11) is 1.39. The number of ether oxygens (including phenoxy) is 3. The van der Waals surface area contributed by atoms with E-state index in [1.54, 1.807) is 18.5 Å². The summed E-state index contributed by atoms with van der Waals surface area (Å²) < 4.78 is 32.3. The van der Waals surface area contributed by atoms with Crippen molar-refractivity contribution in [2.75, 3.05) is 13.7 Å². The van der Waals surface area contributed by atoms with Crippen LogP contribution in [0.5, 0.6) is 11.5 Å². The van der Waals surface area contributed by atoms with E-state index in [-0.39, 0.29) is 30.2 Å². The van der Waals surface area contributed by atoms with Gasteiger partial charge in [0, 0.05) is 35.5 Å². The van der Waals surface area contributed by atoms with Crippen LogP contribution in [-0.2, 0) is 16.0 Å². The Morgan fingerprint density at radius 1 is 1.03 bits per heavy atom. The lowest BCUT2D eigenvalue weighted by atomic mass is 9.88. The minimum Gasteiger partial charge on any atom is -0.492 e. The van der Waals surface area contributed by atoms with Gasteiger partial charge in [0.25, 0.3) is 0 Å². The number of pyridine rings is 1. The molecular weight excluding hydrogens is 493 g/mol. The number of methoxy groups -OCH3 is 1. The number of hydrogen-bond acceptors (Lipinski definition) is 5. The monoisotopic (exact) mass is 523 g/mol. The van der Waals surface area contributed by atoms with E-state index in [0.717, 1.165) is 50.9 Å². The molecule has 0 radical (unpaired) electrons. The van der Waals surface area contributed by atoms with Gasteiger partial charge in [0.2, 0.25) is 0 Å². The van der Waals surface area contributed by atoms with Gasteiger partial charge in [0.1, 0.15) is 23.4 Å². The molecule has 3 aromatic carbocycles. The summed E-state index contributed by atoms with van der Waals surface area (Å²) in [5, 5.41) is 0. The van der Waals surface area contributed by atoms with Gasteiger partial charge in [0.05, 0.1) is 20.1 Å². The third-order valence-corrected chi connectivity index (χ3v) is 7.88. The second kappa shape index (κ2) is 10.2. The maximum Gasteiger partial charge on any atom is 0.306 e. The highest BCUT2D eigenvalue weighted by atomic mass is 19.1. The van der Waals surface area contributed by atoms with Crippen molar-refractivity contribution in [2.24, 2.45) is 0 Å². The highest BCUT2D eigenvalue weighted by Gasteiger charge is 2.32. The van der Waals surface area contributed by atoms with Gasteiger partial charge in [-0.25, -0.2) is 4.39 Å². The molecule has 0 saturated carbocycles. The minimum atomic E-state index is -0.387. The van der Waals surface area contributed by atoms with E-state index in [2.05, 4.69) is 31.0 Å². The third kappa shape index (κ3) is 4.65. The number of aryl methyl sites for hydroxylation is 2. The molecule has 0 fully saturated rings. The molecule has 0 unspecified atom stereocenters. The molecule has 4 aromatic rings. The first-order valence-corrected chi connectivity index (χ1v) is 13.3. The van der Waals surface area contributed by atoms with Gasteiger partial charge in [-0.1, -0.05) is 24.3 Å². The minimum absolute atomic E-state index is 0.0369. The van der Waals surface area contributed by atoms with Crippen LogP contribution in [0.15, 0.2) is 67.0 Å². The Hall–Kier alpha value is -4.19. The molecule has 5 nitrogen and oxygen atoms in total. The molecule has 0 amide bonds. The van der Waals surface area contributed by atoms with E-state index in [1.165, 1.54) is 7.11 Å². The topological polar surface area (TPSA) is 57.7 Å². The number of carbonyl (C=O) groups excluding carboxylic acids is 1. The average Bonchev–Trinajstić information content (AvgIpc) is 3.54. The fourth-order valence-electron chi connectivity index (χ4n) is 6.07. The van der Waals surface area contributed by atoms with Crippen molar-refractivity contribution in [1.82, 2.24) is 4.98 Å². The molecule has 6 heteroatoms. The van der Waals surface area contributed by atoms with Gasteiger partial charge in [-0.15, -0.1) is 0 Å². The zero-order valence-electron chi connectivity index (χ0n) is 22.3. The van der Waals surface area contributed by atoms with E-state index < -0.39 is 0 Å². The molecule has 1 aliphatic heterocycles. The number of aromatic nitrogens is 1. The fourth-order valence-corrected chi connectivity index (χ4v) is 6.07. The van der Waals surface area contributed by atoms with E-state index >= 15 is 4.39 Å². The second-order valence-corrected chi connectivity index (χ2v) is 10.3. The fraction of sp³-hybridized carbons (Fsp3) is 0.273. The van der Waals surface area contributed by atoms with Crippen molar-refractivity contribution in [3.8, 4) is 33.8 Å². The standard InChI is InChI=1S/C33H30FNO4/c1-19-14-22(21-10-12-35-13-11-21)15-20(2)32(19)26-6-8-28(34)33-27(26)7-9-29(33)39-24-4-5-25-23(16-31(36)37-3)18-38-30(25)17-24/h4-6,8,10-15,17,23,29H,7,9,16,18H2,1-3H3/t23-,29-/m1/s1. The van der Waals surface area contributed by atoms with Crippen LogP contribution in [0.1, 0.15) is 52.7 Å². The summed E-state index contributed by atoms with van der Waals surface area (Å²) in [6, 6.07) is 17.5. The van der Waals surface area contributed by atoms with Crippen molar-refractivity contribution in [3.05, 3.63) is 101 Å². The molecule has 1 aromatic heterocycles. The molecule has 0 spiro atoms. The first-order valence-electron chi connectivity index (χ1n) is 13.3. The van der Waals surface area contributed by atoms with E-state index in [4.69, 9.17) is 14.2 Å². The van der Waals surface area contributed by atoms with E-state index in [1.807, 2.05) is 36.4 Å². The quantitative estimate of drug-likeness (QED) is 0.249. The summed E-state index contributed by atoms with van der Waals surface area (Å²) in [6.45, 7) is 4.66. The zero-order chi connectivity index (χ0) is 27.1. The van der Waals surface area contributed by atoms with Crippen molar-refractivity contribution in [2.45, 2.75) is 45.1 Å². The van der Waals surface area contributed by atoms with Crippen LogP contribution < -0.4 is 9.47 Å². The lowest BCUT2D eigenvalue weighted by Crippen LogP contribution is -2.09. The van der Waals surface area contributed by atoms with Crippen molar-refractivity contribution in [1.29, 1.82) is 0 Å². The Bertz CT molecular complexity index is 1540. The molecule has 2 heterocycles. The van der Waals surface area contributed by atoms with Gasteiger partial charge in [-0.2, -0.15) is 0 Å². The molecule has 39 heavy (non-hydrogen) atoms. The largest absolute Gasteiger partial charge is 0.492 e. The number of halogens is 1. The lowest BCUT2D eigenvalue weighted by molar-refractivity contribution is -0.141. The number of fused-ring (bicyclic) bond motifs is 2. The summed E-state index contributed by atoms with van der Waals surface area (Å²) >= 11 is 0. The predicted octanol–water partition coefficient (Wildman–Crippen LogP) is 7.28. The van der Waals surface area contributed by atoms with Crippen LogP contribution in [0.4, 0.5) is 4.39 Å². The molecular formula is C33H30FNO4. The smallest absolute Gasteiger partial charge is 0.306 e.